The lowest BCUT2D eigenvalue weighted by Crippen LogP contribution is -2.46. The van der Waals surface area contributed by atoms with Gasteiger partial charge in [-0.2, -0.15) is 0 Å². The predicted octanol–water partition coefficient (Wildman–Crippen LogP) is 2.22. The van der Waals surface area contributed by atoms with Gasteiger partial charge in [-0.05, 0) is 30.9 Å². The average Bonchev–Trinajstić information content (AvgIpc) is 2.61. The minimum absolute atomic E-state index is 0.0333. The zero-order valence-corrected chi connectivity index (χ0v) is 15.1. The van der Waals surface area contributed by atoms with Crippen LogP contribution in [-0.4, -0.2) is 35.9 Å². The van der Waals surface area contributed by atoms with Crippen LogP contribution in [-0.2, 0) is 16.0 Å². The van der Waals surface area contributed by atoms with Crippen molar-refractivity contribution in [3.63, 3.8) is 0 Å². The normalized spacial score (nSPS) is 17.7. The Morgan fingerprint density at radius 1 is 1.31 bits per heavy atom. The standard InChI is InChI=1S/C18H24N4O4/c1-11(2)18(24)19-13-5-7-21(8-6-13)15-10-14-12(3-4-17(23)20-14)9-16(15)22(25)26/h9-11,13H,3-8H2,1-2H3,(H,19,24)(H,20,23). The number of amides is 2. The Kier molecular flexibility index (Phi) is 5.11. The Labute approximate surface area is 152 Å². The van der Waals surface area contributed by atoms with Gasteiger partial charge in [-0.25, -0.2) is 0 Å². The largest absolute Gasteiger partial charge is 0.366 e. The van der Waals surface area contributed by atoms with Gasteiger partial charge in [-0.3, -0.25) is 19.7 Å². The third-order valence-electron chi connectivity index (χ3n) is 5.00. The summed E-state index contributed by atoms with van der Waals surface area (Å²) in [5.41, 5.74) is 2.07. The number of nitro groups is 1. The topological polar surface area (TPSA) is 105 Å². The monoisotopic (exact) mass is 360 g/mol. The van der Waals surface area contributed by atoms with Crippen molar-refractivity contribution >= 4 is 28.9 Å². The number of carbonyl (C=O) groups is 2. The highest BCUT2D eigenvalue weighted by Crippen LogP contribution is 2.37. The highest BCUT2D eigenvalue weighted by molar-refractivity contribution is 5.95. The number of hydrogen-bond donors (Lipinski definition) is 2. The van der Waals surface area contributed by atoms with Crippen LogP contribution in [0.2, 0.25) is 0 Å². The van der Waals surface area contributed by atoms with E-state index in [-0.39, 0.29) is 34.4 Å². The summed E-state index contributed by atoms with van der Waals surface area (Å²) in [4.78, 5) is 36.6. The molecule has 8 nitrogen and oxygen atoms in total. The van der Waals surface area contributed by atoms with Crippen LogP contribution in [0.25, 0.3) is 0 Å². The molecule has 2 aliphatic heterocycles. The van der Waals surface area contributed by atoms with Gasteiger partial charge in [0.2, 0.25) is 11.8 Å². The number of carbonyl (C=O) groups excluding carboxylic acids is 2. The highest BCUT2D eigenvalue weighted by atomic mass is 16.6. The Hall–Kier alpha value is -2.64. The molecule has 1 fully saturated rings. The van der Waals surface area contributed by atoms with Crippen LogP contribution < -0.4 is 15.5 Å². The fourth-order valence-electron chi connectivity index (χ4n) is 3.44. The molecule has 2 N–H and O–H groups in total. The van der Waals surface area contributed by atoms with E-state index in [0.29, 0.717) is 37.3 Å². The van der Waals surface area contributed by atoms with Crippen molar-refractivity contribution < 1.29 is 14.5 Å². The summed E-state index contributed by atoms with van der Waals surface area (Å²) >= 11 is 0. The minimum Gasteiger partial charge on any atom is -0.366 e. The van der Waals surface area contributed by atoms with Crippen molar-refractivity contribution in [1.29, 1.82) is 0 Å². The van der Waals surface area contributed by atoms with Gasteiger partial charge in [0, 0.05) is 43.2 Å². The smallest absolute Gasteiger partial charge is 0.292 e. The van der Waals surface area contributed by atoms with Gasteiger partial charge in [0.1, 0.15) is 5.69 Å². The summed E-state index contributed by atoms with van der Waals surface area (Å²) in [5, 5.41) is 17.4. The second kappa shape index (κ2) is 7.31. The van der Waals surface area contributed by atoms with E-state index in [1.165, 1.54) is 0 Å². The number of benzene rings is 1. The predicted molar refractivity (Wildman–Crippen MR) is 98.3 cm³/mol. The molecule has 1 saturated heterocycles. The molecule has 0 aliphatic carbocycles. The van der Waals surface area contributed by atoms with Crippen molar-refractivity contribution in [3.8, 4) is 0 Å². The lowest BCUT2D eigenvalue weighted by Gasteiger charge is -2.34. The molecule has 0 aromatic heterocycles. The molecule has 3 rings (SSSR count). The number of fused-ring (bicyclic) bond motifs is 1. The van der Waals surface area contributed by atoms with E-state index in [2.05, 4.69) is 10.6 Å². The number of anilines is 2. The van der Waals surface area contributed by atoms with Crippen LogP contribution in [0, 0.1) is 16.0 Å². The summed E-state index contributed by atoms with van der Waals surface area (Å²) in [6.07, 6.45) is 2.34. The lowest BCUT2D eigenvalue weighted by atomic mass is 9.99. The van der Waals surface area contributed by atoms with Crippen LogP contribution in [0.15, 0.2) is 12.1 Å². The van der Waals surface area contributed by atoms with Crippen LogP contribution in [0.3, 0.4) is 0 Å². The molecular weight excluding hydrogens is 336 g/mol. The van der Waals surface area contributed by atoms with E-state index in [0.717, 1.165) is 18.4 Å². The molecular formula is C18H24N4O4. The number of piperidine rings is 1. The zero-order valence-electron chi connectivity index (χ0n) is 15.1. The number of rotatable bonds is 4. The third-order valence-corrected chi connectivity index (χ3v) is 5.00. The summed E-state index contributed by atoms with van der Waals surface area (Å²) in [6, 6.07) is 3.39. The van der Waals surface area contributed by atoms with Gasteiger partial charge < -0.3 is 15.5 Å². The number of nitrogens with one attached hydrogen (secondary N) is 2. The molecule has 1 aromatic carbocycles. The molecule has 2 heterocycles. The van der Waals surface area contributed by atoms with Gasteiger partial charge >= 0.3 is 0 Å². The Morgan fingerprint density at radius 2 is 2.00 bits per heavy atom. The second-order valence-corrected chi connectivity index (χ2v) is 7.23. The van der Waals surface area contributed by atoms with Crippen LogP contribution in [0.1, 0.15) is 38.7 Å². The first-order valence-electron chi connectivity index (χ1n) is 9.01. The highest BCUT2D eigenvalue weighted by Gasteiger charge is 2.28. The fourth-order valence-corrected chi connectivity index (χ4v) is 3.44. The van der Waals surface area contributed by atoms with Crippen molar-refractivity contribution in [2.45, 2.75) is 45.6 Å². The number of nitrogens with zero attached hydrogens (tertiary/aromatic N) is 2. The van der Waals surface area contributed by atoms with Gasteiger partial charge in [-0.15, -0.1) is 0 Å². The molecule has 0 unspecified atom stereocenters. The van der Waals surface area contributed by atoms with Gasteiger partial charge in [0.15, 0.2) is 0 Å². The summed E-state index contributed by atoms with van der Waals surface area (Å²) in [7, 11) is 0. The van der Waals surface area contributed by atoms with Crippen LogP contribution in [0.4, 0.5) is 17.1 Å². The molecule has 8 heteroatoms. The lowest BCUT2D eigenvalue weighted by molar-refractivity contribution is -0.384. The first-order valence-corrected chi connectivity index (χ1v) is 9.01. The summed E-state index contributed by atoms with van der Waals surface area (Å²) in [6.45, 7) is 4.96. The second-order valence-electron chi connectivity index (χ2n) is 7.23. The fraction of sp³-hybridized carbons (Fsp3) is 0.556. The molecule has 0 radical (unpaired) electrons. The minimum atomic E-state index is -0.362. The molecule has 0 spiro atoms. The molecule has 1 aromatic rings. The number of aryl methyl sites for hydroxylation is 1. The Balaban J connectivity index is 1.77. The molecule has 0 bridgehead atoms. The number of hydrogen-bond acceptors (Lipinski definition) is 5. The maximum Gasteiger partial charge on any atom is 0.292 e. The first-order chi connectivity index (χ1) is 12.3. The van der Waals surface area contributed by atoms with E-state index in [1.54, 1.807) is 12.1 Å². The summed E-state index contributed by atoms with van der Waals surface area (Å²) < 4.78 is 0. The first kappa shape index (κ1) is 18.2. The average molecular weight is 360 g/mol. The van der Waals surface area contributed by atoms with Gasteiger partial charge in [-0.1, -0.05) is 13.8 Å². The molecule has 0 saturated carbocycles. The molecule has 2 aliphatic rings. The van der Waals surface area contributed by atoms with Gasteiger partial charge in [0.25, 0.3) is 5.69 Å². The summed E-state index contributed by atoms with van der Waals surface area (Å²) in [5.74, 6) is -0.0864. The maximum atomic E-state index is 11.8. The zero-order chi connectivity index (χ0) is 18.8. The maximum absolute atomic E-state index is 11.8. The molecule has 0 atom stereocenters. The van der Waals surface area contributed by atoms with E-state index < -0.39 is 0 Å². The van der Waals surface area contributed by atoms with Crippen LogP contribution >= 0.6 is 0 Å². The quantitative estimate of drug-likeness (QED) is 0.633. The van der Waals surface area contributed by atoms with E-state index in [4.69, 9.17) is 0 Å². The third kappa shape index (κ3) is 3.79. The van der Waals surface area contributed by atoms with Crippen molar-refractivity contribution in [3.05, 3.63) is 27.8 Å². The Morgan fingerprint density at radius 3 is 2.62 bits per heavy atom. The van der Waals surface area contributed by atoms with Crippen molar-refractivity contribution in [2.24, 2.45) is 5.92 Å². The molecule has 26 heavy (non-hydrogen) atoms. The SMILES string of the molecule is CC(C)C(=O)NC1CCN(c2cc3c(cc2[N+](=O)[O-])CCC(=O)N3)CC1. The number of nitro benzene ring substituents is 1. The van der Waals surface area contributed by atoms with E-state index >= 15 is 0 Å². The Bertz CT molecular complexity index is 739. The molecule has 2 amide bonds. The van der Waals surface area contributed by atoms with Gasteiger partial charge in [0.05, 0.1) is 4.92 Å². The van der Waals surface area contributed by atoms with E-state index in [9.17, 15) is 19.7 Å². The van der Waals surface area contributed by atoms with Crippen molar-refractivity contribution in [1.82, 2.24) is 5.32 Å². The van der Waals surface area contributed by atoms with E-state index in [1.807, 2.05) is 18.7 Å². The van der Waals surface area contributed by atoms with Crippen molar-refractivity contribution in [2.75, 3.05) is 23.3 Å². The van der Waals surface area contributed by atoms with Crippen LogP contribution in [0.5, 0.6) is 0 Å². The molecule has 140 valence electrons.